The quantitative estimate of drug-likeness (QED) is 0.646. The molecule has 0 aromatic heterocycles. The first-order chi connectivity index (χ1) is 12.8. The van der Waals surface area contributed by atoms with Crippen LogP contribution in [0.3, 0.4) is 0 Å². The van der Waals surface area contributed by atoms with Crippen LogP contribution >= 0.6 is 15.9 Å². The summed E-state index contributed by atoms with van der Waals surface area (Å²) < 4.78 is 11.9. The minimum atomic E-state index is -1.24. The largest absolute Gasteiger partial charge is 0.493 e. The third-order valence-corrected chi connectivity index (χ3v) is 4.33. The fraction of sp³-hybridized carbons (Fsp3) is 0.200. The van der Waals surface area contributed by atoms with Crippen molar-refractivity contribution >= 4 is 33.9 Å². The van der Waals surface area contributed by atoms with Gasteiger partial charge in [-0.2, -0.15) is 0 Å². The third-order valence-electron chi connectivity index (χ3n) is 3.74. The Hall–Kier alpha value is -2.80. The lowest BCUT2D eigenvalue weighted by atomic mass is 10.1. The number of ether oxygens (including phenoxy) is 2. The van der Waals surface area contributed by atoms with Gasteiger partial charge >= 0.3 is 5.97 Å². The Kier molecular flexibility index (Phi) is 7.01. The van der Waals surface area contributed by atoms with Crippen molar-refractivity contribution in [2.75, 3.05) is 7.11 Å². The second-order valence-corrected chi connectivity index (χ2v) is 6.65. The molecule has 2 rings (SSSR count). The molecule has 2 aromatic rings. The number of carboxylic acids is 1. The van der Waals surface area contributed by atoms with Gasteiger partial charge in [0.25, 0.3) is 0 Å². The second-order valence-electron chi connectivity index (χ2n) is 5.79. The van der Waals surface area contributed by atoms with E-state index in [1.807, 2.05) is 31.2 Å². The molecular formula is C20H20BrNO5. The van der Waals surface area contributed by atoms with E-state index in [0.717, 1.165) is 11.1 Å². The Labute approximate surface area is 165 Å². The van der Waals surface area contributed by atoms with Gasteiger partial charge in [-0.3, -0.25) is 4.79 Å². The summed E-state index contributed by atoms with van der Waals surface area (Å²) in [6.07, 6.45) is 1.35. The van der Waals surface area contributed by atoms with E-state index in [1.165, 1.54) is 20.1 Å². The average molecular weight is 434 g/mol. The number of aliphatic carboxylic acids is 1. The Morgan fingerprint density at radius 3 is 2.56 bits per heavy atom. The molecule has 0 unspecified atom stereocenters. The van der Waals surface area contributed by atoms with Crippen molar-refractivity contribution < 1.29 is 24.2 Å². The maximum atomic E-state index is 11.3. The lowest BCUT2D eigenvalue weighted by molar-refractivity contribution is -0.134. The summed E-state index contributed by atoms with van der Waals surface area (Å²) in [6.45, 7) is 3.62. The predicted molar refractivity (Wildman–Crippen MR) is 106 cm³/mol. The van der Waals surface area contributed by atoms with Crippen molar-refractivity contribution in [2.45, 2.75) is 20.5 Å². The van der Waals surface area contributed by atoms with Crippen LogP contribution in [0.5, 0.6) is 11.5 Å². The molecule has 0 bridgehead atoms. The number of amides is 1. The van der Waals surface area contributed by atoms with Crippen LogP contribution in [0.15, 0.2) is 46.6 Å². The van der Waals surface area contributed by atoms with Crippen LogP contribution in [0.2, 0.25) is 0 Å². The highest BCUT2D eigenvalue weighted by Crippen LogP contribution is 2.37. The van der Waals surface area contributed by atoms with E-state index >= 15 is 0 Å². The van der Waals surface area contributed by atoms with Crippen molar-refractivity contribution in [1.29, 1.82) is 0 Å². The summed E-state index contributed by atoms with van der Waals surface area (Å²) in [7, 11) is 1.50. The molecule has 1 amide bonds. The van der Waals surface area contributed by atoms with E-state index in [4.69, 9.17) is 9.47 Å². The standard InChI is InChI=1S/C20H20BrNO5/c1-12-6-4-5-7-15(12)11-27-19-16(21)8-14(10-18(19)26-3)9-17(20(24)25)22-13(2)23/h4-10H,11H2,1-3H3,(H,22,23)(H,24,25). The van der Waals surface area contributed by atoms with Crippen molar-refractivity contribution in [3.05, 3.63) is 63.3 Å². The van der Waals surface area contributed by atoms with Crippen molar-refractivity contribution in [2.24, 2.45) is 0 Å². The van der Waals surface area contributed by atoms with Gasteiger partial charge in [0.1, 0.15) is 12.3 Å². The minimum absolute atomic E-state index is 0.231. The summed E-state index contributed by atoms with van der Waals surface area (Å²) in [5.74, 6) is -0.751. The van der Waals surface area contributed by atoms with Crippen molar-refractivity contribution in [1.82, 2.24) is 5.32 Å². The van der Waals surface area contributed by atoms with E-state index in [0.29, 0.717) is 28.1 Å². The molecular weight excluding hydrogens is 414 g/mol. The van der Waals surface area contributed by atoms with Crippen LogP contribution in [0.4, 0.5) is 0 Å². The summed E-state index contributed by atoms with van der Waals surface area (Å²) in [6, 6.07) is 11.2. The van der Waals surface area contributed by atoms with E-state index in [-0.39, 0.29) is 5.70 Å². The molecule has 6 nitrogen and oxygen atoms in total. The molecule has 7 heteroatoms. The zero-order chi connectivity index (χ0) is 20.0. The van der Waals surface area contributed by atoms with Crippen LogP contribution in [0.1, 0.15) is 23.6 Å². The Morgan fingerprint density at radius 1 is 1.26 bits per heavy atom. The van der Waals surface area contributed by atoms with Gasteiger partial charge in [-0.25, -0.2) is 4.79 Å². The minimum Gasteiger partial charge on any atom is -0.493 e. The second kappa shape index (κ2) is 9.23. The molecule has 0 spiro atoms. The topological polar surface area (TPSA) is 84.9 Å². The van der Waals surface area contributed by atoms with Crippen LogP contribution in [0, 0.1) is 6.92 Å². The highest BCUT2D eigenvalue weighted by Gasteiger charge is 2.14. The predicted octanol–water partition coefficient (Wildman–Crippen LogP) is 3.91. The molecule has 2 N–H and O–H groups in total. The number of methoxy groups -OCH3 is 1. The normalized spacial score (nSPS) is 11.0. The fourth-order valence-corrected chi connectivity index (χ4v) is 2.97. The lowest BCUT2D eigenvalue weighted by Crippen LogP contribution is -2.24. The number of nitrogens with one attached hydrogen (secondary N) is 1. The molecule has 0 saturated carbocycles. The van der Waals surface area contributed by atoms with E-state index in [1.54, 1.807) is 12.1 Å². The van der Waals surface area contributed by atoms with Crippen molar-refractivity contribution in [3.8, 4) is 11.5 Å². The number of carbonyl (C=O) groups excluding carboxylic acids is 1. The van der Waals surface area contributed by atoms with Gasteiger partial charge in [-0.05, 0) is 57.8 Å². The number of halogens is 1. The van der Waals surface area contributed by atoms with E-state index in [2.05, 4.69) is 21.2 Å². The van der Waals surface area contributed by atoms with Crippen LogP contribution in [-0.2, 0) is 16.2 Å². The molecule has 0 aliphatic carbocycles. The maximum Gasteiger partial charge on any atom is 0.352 e. The van der Waals surface area contributed by atoms with E-state index in [9.17, 15) is 14.7 Å². The number of carbonyl (C=O) groups is 2. The molecule has 142 valence electrons. The molecule has 0 aliphatic heterocycles. The summed E-state index contributed by atoms with van der Waals surface area (Å²) in [4.78, 5) is 22.5. The van der Waals surface area contributed by atoms with Gasteiger partial charge in [-0.15, -0.1) is 0 Å². The third kappa shape index (κ3) is 5.59. The van der Waals surface area contributed by atoms with Crippen molar-refractivity contribution in [3.63, 3.8) is 0 Å². The van der Waals surface area contributed by atoms with Crippen LogP contribution < -0.4 is 14.8 Å². The molecule has 2 aromatic carbocycles. The smallest absolute Gasteiger partial charge is 0.352 e. The van der Waals surface area contributed by atoms with Gasteiger partial charge in [0, 0.05) is 6.92 Å². The van der Waals surface area contributed by atoms with Crippen LogP contribution in [-0.4, -0.2) is 24.1 Å². The summed E-state index contributed by atoms with van der Waals surface area (Å²) in [5.41, 5.74) is 2.47. The monoisotopic (exact) mass is 433 g/mol. The molecule has 0 aliphatic rings. The molecule has 0 heterocycles. The van der Waals surface area contributed by atoms with Gasteiger partial charge in [-0.1, -0.05) is 24.3 Å². The number of hydrogen-bond acceptors (Lipinski definition) is 4. The highest BCUT2D eigenvalue weighted by molar-refractivity contribution is 9.10. The number of carboxylic acid groups (broad SMARTS) is 1. The first kappa shape index (κ1) is 20.5. The summed E-state index contributed by atoms with van der Waals surface area (Å²) in [5, 5.41) is 11.5. The first-order valence-electron chi connectivity index (χ1n) is 8.09. The Bertz CT molecular complexity index is 892. The molecule has 27 heavy (non-hydrogen) atoms. The lowest BCUT2D eigenvalue weighted by Gasteiger charge is -2.15. The van der Waals surface area contributed by atoms with Gasteiger partial charge in [0.2, 0.25) is 5.91 Å². The summed E-state index contributed by atoms with van der Waals surface area (Å²) >= 11 is 3.44. The number of rotatable bonds is 7. The fourth-order valence-electron chi connectivity index (χ4n) is 2.39. The Balaban J connectivity index is 2.32. The zero-order valence-electron chi connectivity index (χ0n) is 15.2. The first-order valence-corrected chi connectivity index (χ1v) is 8.88. The molecule has 0 saturated heterocycles. The van der Waals surface area contributed by atoms with E-state index < -0.39 is 11.9 Å². The molecule has 0 fully saturated rings. The average Bonchev–Trinajstić information content (AvgIpc) is 2.60. The molecule has 0 atom stereocenters. The van der Waals surface area contributed by atoms with Gasteiger partial charge in [0.15, 0.2) is 11.5 Å². The zero-order valence-corrected chi connectivity index (χ0v) is 16.8. The Morgan fingerprint density at radius 2 is 1.96 bits per heavy atom. The maximum absolute atomic E-state index is 11.3. The number of benzene rings is 2. The SMILES string of the molecule is COc1cc(C=C(NC(C)=O)C(=O)O)cc(Br)c1OCc1ccccc1C. The highest BCUT2D eigenvalue weighted by atomic mass is 79.9. The van der Waals surface area contributed by atoms with Gasteiger partial charge < -0.3 is 19.9 Å². The number of hydrogen-bond donors (Lipinski definition) is 2. The molecule has 0 radical (unpaired) electrons. The van der Waals surface area contributed by atoms with Gasteiger partial charge in [0.05, 0.1) is 11.6 Å². The van der Waals surface area contributed by atoms with Crippen LogP contribution in [0.25, 0.3) is 6.08 Å². The number of aryl methyl sites for hydroxylation is 1.